The van der Waals surface area contributed by atoms with E-state index in [0.29, 0.717) is 30.1 Å². The molecular formula is C23H29F2N3O3. The van der Waals surface area contributed by atoms with E-state index in [2.05, 4.69) is 10.6 Å². The summed E-state index contributed by atoms with van der Waals surface area (Å²) in [5.41, 5.74) is 3.47. The van der Waals surface area contributed by atoms with Gasteiger partial charge in [-0.1, -0.05) is 6.07 Å². The van der Waals surface area contributed by atoms with Gasteiger partial charge in [-0.25, -0.2) is 8.78 Å². The van der Waals surface area contributed by atoms with E-state index >= 15 is 0 Å². The van der Waals surface area contributed by atoms with Gasteiger partial charge in [0.15, 0.2) is 0 Å². The van der Waals surface area contributed by atoms with Gasteiger partial charge in [0, 0.05) is 50.7 Å². The maximum absolute atomic E-state index is 13.2. The molecule has 1 aromatic carbocycles. The van der Waals surface area contributed by atoms with Crippen LogP contribution in [0.4, 0.5) is 20.2 Å². The van der Waals surface area contributed by atoms with E-state index in [0.717, 1.165) is 11.1 Å². The highest BCUT2D eigenvalue weighted by atomic mass is 19.3. The lowest BCUT2D eigenvalue weighted by Crippen LogP contribution is -2.42. The molecule has 0 saturated heterocycles. The molecule has 0 aliphatic heterocycles. The third kappa shape index (κ3) is 5.50. The molecule has 8 heteroatoms. The molecule has 3 rings (SSSR count). The first-order chi connectivity index (χ1) is 14.6. The van der Waals surface area contributed by atoms with E-state index in [-0.39, 0.29) is 11.7 Å². The number of nitrogens with one attached hydrogen (secondary N) is 2. The van der Waals surface area contributed by atoms with Gasteiger partial charge in [0.05, 0.1) is 17.5 Å². The predicted molar refractivity (Wildman–Crippen MR) is 118 cm³/mol. The van der Waals surface area contributed by atoms with Gasteiger partial charge < -0.3 is 19.9 Å². The van der Waals surface area contributed by atoms with Gasteiger partial charge in [-0.05, 0) is 50.1 Å². The number of rotatable bonds is 8. The number of carbonyl (C=O) groups is 1. The first-order valence-electron chi connectivity index (χ1n) is 10.5. The minimum Gasteiger partial charge on any atom is -0.381 e. The molecule has 0 bridgehead atoms. The average molecular weight is 433 g/mol. The van der Waals surface area contributed by atoms with E-state index in [1.165, 1.54) is 4.57 Å². The summed E-state index contributed by atoms with van der Waals surface area (Å²) in [4.78, 5) is 24.4. The number of alkyl halides is 2. The van der Waals surface area contributed by atoms with E-state index in [4.69, 9.17) is 4.74 Å². The molecule has 6 nitrogen and oxygen atoms in total. The van der Waals surface area contributed by atoms with Crippen molar-refractivity contribution in [2.45, 2.75) is 45.6 Å². The number of hydrogen-bond donors (Lipinski definition) is 2. The lowest BCUT2D eigenvalue weighted by Gasteiger charge is -2.33. The number of amides is 1. The van der Waals surface area contributed by atoms with Crippen LogP contribution in [0.25, 0.3) is 11.1 Å². The van der Waals surface area contributed by atoms with E-state index in [1.54, 1.807) is 26.2 Å². The molecule has 1 atom stereocenters. The molecule has 2 N–H and O–H groups in total. The van der Waals surface area contributed by atoms with Crippen molar-refractivity contribution in [3.63, 3.8) is 0 Å². The second-order valence-electron chi connectivity index (χ2n) is 8.19. The summed E-state index contributed by atoms with van der Waals surface area (Å²) < 4.78 is 33.4. The van der Waals surface area contributed by atoms with Gasteiger partial charge in [0.25, 0.3) is 5.56 Å². The van der Waals surface area contributed by atoms with Crippen LogP contribution in [0.2, 0.25) is 0 Å². The summed E-state index contributed by atoms with van der Waals surface area (Å²) in [5, 5.41) is 6.07. The Labute approximate surface area is 180 Å². The standard InChI is InChI=1S/C23H29F2N3O3/c1-5-31-15(3)12-26-20-9-16(17-8-14(2)22(30)28(4)13-17)6-7-19(20)27-21(29)18-10-23(24,25)11-18/h6-9,13,15,18,26H,5,10-12H2,1-4H3,(H,27,29). The van der Waals surface area contributed by atoms with Crippen LogP contribution in [0.5, 0.6) is 0 Å². The number of ether oxygens (including phenoxy) is 1. The number of aryl methyl sites for hydroxylation is 2. The van der Waals surface area contributed by atoms with Crippen molar-refractivity contribution in [3.05, 3.63) is 46.4 Å². The zero-order valence-electron chi connectivity index (χ0n) is 18.3. The van der Waals surface area contributed by atoms with Crippen LogP contribution in [0.1, 0.15) is 32.3 Å². The van der Waals surface area contributed by atoms with Crippen molar-refractivity contribution in [1.82, 2.24) is 4.57 Å². The summed E-state index contributed by atoms with van der Waals surface area (Å²) in [6.45, 7) is 6.70. The number of nitrogens with zero attached hydrogens (tertiary/aromatic N) is 1. The van der Waals surface area contributed by atoms with Crippen molar-refractivity contribution in [1.29, 1.82) is 0 Å². The third-order valence-corrected chi connectivity index (χ3v) is 5.47. The highest BCUT2D eigenvalue weighted by Gasteiger charge is 2.48. The largest absolute Gasteiger partial charge is 0.381 e. The topological polar surface area (TPSA) is 72.4 Å². The van der Waals surface area contributed by atoms with Gasteiger partial charge in [-0.15, -0.1) is 0 Å². The van der Waals surface area contributed by atoms with Crippen molar-refractivity contribution in [2.24, 2.45) is 13.0 Å². The summed E-state index contributed by atoms with van der Waals surface area (Å²) in [6.07, 6.45) is 0.866. The summed E-state index contributed by atoms with van der Waals surface area (Å²) >= 11 is 0. The van der Waals surface area contributed by atoms with Gasteiger partial charge in [-0.3, -0.25) is 9.59 Å². The average Bonchev–Trinajstić information content (AvgIpc) is 2.69. The van der Waals surface area contributed by atoms with Crippen molar-refractivity contribution in [3.8, 4) is 11.1 Å². The molecule has 1 aliphatic rings. The van der Waals surface area contributed by atoms with Crippen molar-refractivity contribution < 1.29 is 18.3 Å². The fraction of sp³-hybridized carbons (Fsp3) is 0.478. The highest BCUT2D eigenvalue weighted by Crippen LogP contribution is 2.43. The Morgan fingerprint density at radius 1 is 1.26 bits per heavy atom. The van der Waals surface area contributed by atoms with Gasteiger partial charge in [0.1, 0.15) is 0 Å². The van der Waals surface area contributed by atoms with E-state index in [9.17, 15) is 18.4 Å². The maximum Gasteiger partial charge on any atom is 0.253 e. The quantitative estimate of drug-likeness (QED) is 0.655. The summed E-state index contributed by atoms with van der Waals surface area (Å²) in [6, 6.07) is 7.28. The van der Waals surface area contributed by atoms with Crippen LogP contribution in [0, 0.1) is 12.8 Å². The Balaban J connectivity index is 1.87. The monoisotopic (exact) mass is 433 g/mol. The second kappa shape index (κ2) is 9.18. The van der Waals surface area contributed by atoms with Gasteiger partial charge in [-0.2, -0.15) is 0 Å². The zero-order chi connectivity index (χ0) is 22.8. The molecule has 1 aliphatic carbocycles. The maximum atomic E-state index is 13.2. The molecule has 2 aromatic rings. The zero-order valence-corrected chi connectivity index (χ0v) is 18.3. The smallest absolute Gasteiger partial charge is 0.253 e. The van der Waals surface area contributed by atoms with Crippen LogP contribution < -0.4 is 16.2 Å². The lowest BCUT2D eigenvalue weighted by atomic mass is 9.80. The van der Waals surface area contributed by atoms with Crippen LogP contribution in [-0.4, -0.2) is 35.7 Å². The lowest BCUT2D eigenvalue weighted by molar-refractivity contribution is -0.145. The molecule has 1 unspecified atom stereocenters. The number of anilines is 2. The Morgan fingerprint density at radius 2 is 1.97 bits per heavy atom. The first-order valence-corrected chi connectivity index (χ1v) is 10.5. The molecule has 168 valence electrons. The van der Waals surface area contributed by atoms with Crippen LogP contribution in [0.15, 0.2) is 35.3 Å². The highest BCUT2D eigenvalue weighted by molar-refractivity contribution is 5.97. The minimum absolute atomic E-state index is 0.0534. The Morgan fingerprint density at radius 3 is 2.58 bits per heavy atom. The van der Waals surface area contributed by atoms with Crippen molar-refractivity contribution in [2.75, 3.05) is 23.8 Å². The normalized spacial score (nSPS) is 16.5. The van der Waals surface area contributed by atoms with E-state index < -0.39 is 30.6 Å². The summed E-state index contributed by atoms with van der Waals surface area (Å²) in [7, 11) is 1.70. The van der Waals surface area contributed by atoms with Crippen LogP contribution in [0.3, 0.4) is 0 Å². The second-order valence-corrected chi connectivity index (χ2v) is 8.19. The SMILES string of the molecule is CCOC(C)CNc1cc(-c2cc(C)c(=O)n(C)c2)ccc1NC(=O)C1CC(F)(F)C1. The van der Waals surface area contributed by atoms with E-state index in [1.807, 2.05) is 32.0 Å². The Bertz CT molecular complexity index is 985. The molecule has 0 radical (unpaired) electrons. The Kier molecular flexibility index (Phi) is 6.79. The molecule has 1 fully saturated rings. The number of halogens is 2. The fourth-order valence-electron chi connectivity index (χ4n) is 3.69. The molecule has 31 heavy (non-hydrogen) atoms. The molecule has 1 amide bonds. The summed E-state index contributed by atoms with van der Waals surface area (Å²) in [5.74, 6) is -3.84. The van der Waals surface area contributed by atoms with Crippen LogP contribution in [-0.2, 0) is 16.6 Å². The van der Waals surface area contributed by atoms with Crippen LogP contribution >= 0.6 is 0 Å². The predicted octanol–water partition coefficient (Wildman–Crippen LogP) is 4.18. The van der Waals surface area contributed by atoms with Gasteiger partial charge in [0.2, 0.25) is 11.8 Å². The first kappa shape index (κ1) is 22.9. The molecule has 1 saturated carbocycles. The number of hydrogen-bond acceptors (Lipinski definition) is 4. The third-order valence-electron chi connectivity index (χ3n) is 5.47. The van der Waals surface area contributed by atoms with Crippen molar-refractivity contribution >= 4 is 17.3 Å². The number of carbonyl (C=O) groups excluding carboxylic acids is 1. The number of benzene rings is 1. The molecular weight excluding hydrogens is 404 g/mol. The minimum atomic E-state index is -2.75. The fourth-order valence-corrected chi connectivity index (χ4v) is 3.69. The molecule has 0 spiro atoms. The Hall–Kier alpha value is -2.74. The number of aromatic nitrogens is 1. The number of pyridine rings is 1. The molecule has 1 aromatic heterocycles. The molecule has 1 heterocycles. The van der Waals surface area contributed by atoms with Gasteiger partial charge >= 0.3 is 0 Å².